The van der Waals surface area contributed by atoms with Gasteiger partial charge < -0.3 is 21.6 Å². The molecule has 1 N–H and O–H groups in total. The van der Waals surface area contributed by atoms with Crippen LogP contribution in [0, 0.1) is 0 Å². The molecule has 0 heterocycles. The van der Waals surface area contributed by atoms with Crippen LogP contribution >= 0.6 is 0 Å². The van der Waals surface area contributed by atoms with E-state index in [0.29, 0.717) is 6.61 Å². The fraction of sp³-hybridized carbons (Fsp3) is 1.00. The van der Waals surface area contributed by atoms with Crippen molar-refractivity contribution in [3.8, 4) is 0 Å². The summed E-state index contributed by atoms with van der Waals surface area (Å²) in [4.78, 5) is 9.11. The van der Waals surface area contributed by atoms with Crippen molar-refractivity contribution in [3.63, 3.8) is 0 Å². The van der Waals surface area contributed by atoms with E-state index in [2.05, 4.69) is 14.6 Å². The zero-order valence-electron chi connectivity index (χ0n) is 7.20. The molecule has 0 aromatic rings. The van der Waals surface area contributed by atoms with E-state index in [-0.39, 0.29) is 20.0 Å². The van der Waals surface area contributed by atoms with Crippen LogP contribution < -0.4 is 0 Å². The second kappa shape index (κ2) is 10.7. The highest BCUT2D eigenvalue weighted by Gasteiger charge is 2.13. The van der Waals surface area contributed by atoms with Gasteiger partial charge in [-0.3, -0.25) is 0 Å². The summed E-state index contributed by atoms with van der Waals surface area (Å²) in [5.41, 5.74) is 0. The molecule has 0 atom stereocenters. The van der Waals surface area contributed by atoms with Gasteiger partial charge in [0.1, 0.15) is 0 Å². The first kappa shape index (κ1) is 13.7. The normalized spacial score (nSPS) is 11.1. The molecule has 9 heteroatoms. The number of hydrogen-bond acceptors (Lipinski definition) is 5. The predicted octanol–water partition coefficient (Wildman–Crippen LogP) is -1.02. The molecule has 0 aliphatic carbocycles. The first-order chi connectivity index (χ1) is 6.31. The van der Waals surface area contributed by atoms with Gasteiger partial charge in [-0.15, -0.1) is 0 Å². The Balaban J connectivity index is 3.05. The molecule has 13 heavy (non-hydrogen) atoms. The van der Waals surface area contributed by atoms with Gasteiger partial charge in [-0.1, -0.05) is 13.3 Å². The maximum atomic E-state index is 9.11. The van der Waals surface area contributed by atoms with Gasteiger partial charge in [-0.2, -0.15) is 0 Å². The standard InChI is InChI=1S/C4H10O5Si4/c1-2-3-4-6-13(5)9-12-8-11-7-10/h5H,2-4H2,1H3. The van der Waals surface area contributed by atoms with E-state index in [9.17, 15) is 0 Å². The molecule has 0 saturated carbocycles. The molecule has 0 aromatic carbocycles. The molecule has 0 spiro atoms. The maximum Gasteiger partial charge on any atom is 0.565 e. The number of unbranched alkanes of at least 4 members (excludes halogenated alkanes) is 1. The van der Waals surface area contributed by atoms with Crippen molar-refractivity contribution in [2.45, 2.75) is 19.8 Å². The van der Waals surface area contributed by atoms with E-state index in [0.717, 1.165) is 12.8 Å². The quantitative estimate of drug-likeness (QED) is 0.419. The van der Waals surface area contributed by atoms with Gasteiger partial charge in [-0.25, -0.2) is 0 Å². The van der Waals surface area contributed by atoms with E-state index in [1.807, 2.05) is 6.92 Å². The molecule has 0 rings (SSSR count). The highest BCUT2D eigenvalue weighted by molar-refractivity contribution is 6.47. The summed E-state index contributed by atoms with van der Waals surface area (Å²) in [6.07, 6.45) is 1.96. The van der Waals surface area contributed by atoms with Gasteiger partial charge in [0.25, 0.3) is 0 Å². The third-order valence-electron chi connectivity index (χ3n) is 0.977. The average molecular weight is 250 g/mol. The van der Waals surface area contributed by atoms with Gasteiger partial charge >= 0.3 is 29.5 Å². The summed E-state index contributed by atoms with van der Waals surface area (Å²) < 4.78 is 19.1. The summed E-state index contributed by atoms with van der Waals surface area (Å²) in [5, 5.41) is 0. The van der Waals surface area contributed by atoms with Crippen LogP contribution in [0.3, 0.4) is 0 Å². The second-order valence-electron chi connectivity index (χ2n) is 1.94. The third kappa shape index (κ3) is 10.6. The van der Waals surface area contributed by atoms with Crippen LogP contribution in [0.2, 0.25) is 0 Å². The van der Waals surface area contributed by atoms with Crippen LogP contribution in [0.15, 0.2) is 0 Å². The lowest BCUT2D eigenvalue weighted by molar-refractivity contribution is 0.186. The Morgan fingerprint density at radius 2 is 2.23 bits per heavy atom. The summed E-state index contributed by atoms with van der Waals surface area (Å²) in [6, 6.07) is 0. The van der Waals surface area contributed by atoms with Gasteiger partial charge in [-0.05, 0) is 6.42 Å². The molecule has 0 aliphatic rings. The molecule has 0 bridgehead atoms. The Morgan fingerprint density at radius 1 is 1.46 bits per heavy atom. The molecule has 0 fully saturated rings. The summed E-state index contributed by atoms with van der Waals surface area (Å²) >= 11 is 0. The van der Waals surface area contributed by atoms with Gasteiger partial charge in [0.15, 0.2) is 0 Å². The molecule has 72 valence electrons. The van der Waals surface area contributed by atoms with E-state index < -0.39 is 9.53 Å². The second-order valence-corrected chi connectivity index (χ2v) is 5.54. The monoisotopic (exact) mass is 250 g/mol. The lowest BCUT2D eigenvalue weighted by Gasteiger charge is -2.06. The van der Waals surface area contributed by atoms with Crippen LogP contribution in [0.1, 0.15) is 19.8 Å². The third-order valence-corrected chi connectivity index (χ3v) is 3.46. The molecular weight excluding hydrogens is 240 g/mol. The highest BCUT2D eigenvalue weighted by atomic mass is 28.4. The minimum absolute atomic E-state index is 0.133. The van der Waals surface area contributed by atoms with Gasteiger partial charge in [0.05, 0.1) is 0 Å². The Labute approximate surface area is 88.4 Å². The van der Waals surface area contributed by atoms with Crippen molar-refractivity contribution in [3.05, 3.63) is 0 Å². The van der Waals surface area contributed by atoms with Crippen molar-refractivity contribution in [2.24, 2.45) is 0 Å². The largest absolute Gasteiger partial charge is 0.565 e. The highest BCUT2D eigenvalue weighted by Crippen LogP contribution is 1.90. The van der Waals surface area contributed by atoms with E-state index in [1.165, 1.54) is 0 Å². The molecule has 0 saturated heterocycles. The molecule has 0 unspecified atom stereocenters. The Kier molecular flexibility index (Phi) is 11.3. The van der Waals surface area contributed by atoms with Crippen molar-refractivity contribution < 1.29 is 21.6 Å². The van der Waals surface area contributed by atoms with Gasteiger partial charge in [0, 0.05) is 6.61 Å². The Morgan fingerprint density at radius 3 is 2.85 bits per heavy atom. The average Bonchev–Trinajstić information content (AvgIpc) is 2.13. The lowest BCUT2D eigenvalue weighted by atomic mass is 10.4. The zero-order valence-corrected chi connectivity index (χ0v) is 11.2. The van der Waals surface area contributed by atoms with Crippen LogP contribution in [0.5, 0.6) is 0 Å². The van der Waals surface area contributed by atoms with Crippen LogP contribution in [0.4, 0.5) is 0 Å². The summed E-state index contributed by atoms with van der Waals surface area (Å²) in [6.45, 7) is 2.58. The molecule has 0 aromatic heterocycles. The van der Waals surface area contributed by atoms with Crippen molar-refractivity contribution in [1.82, 2.24) is 0 Å². The fourth-order valence-corrected chi connectivity index (χ4v) is 2.49. The van der Waals surface area contributed by atoms with E-state index in [4.69, 9.17) is 17.5 Å². The molecule has 5 nitrogen and oxygen atoms in total. The summed E-state index contributed by atoms with van der Waals surface area (Å²) in [5.74, 6) is 0. The predicted molar refractivity (Wildman–Crippen MR) is 49.3 cm³/mol. The Bertz CT molecular complexity index is 107. The first-order valence-electron chi connectivity index (χ1n) is 3.65. The van der Waals surface area contributed by atoms with Crippen LogP contribution in [0.25, 0.3) is 0 Å². The molecular formula is C4H10O5Si4. The van der Waals surface area contributed by atoms with Gasteiger partial charge in [0.2, 0.25) is 10.5 Å². The fourth-order valence-electron chi connectivity index (χ4n) is 0.428. The maximum absolute atomic E-state index is 9.11. The SMILES string of the molecule is CCCCO[Si](O)O[Si]O[Si]O[Si]. The zero-order chi connectivity index (χ0) is 9.94. The minimum atomic E-state index is -2.12. The number of hydrogen-bond donors (Lipinski definition) is 1. The molecule has 0 amide bonds. The first-order valence-corrected chi connectivity index (χ1v) is 6.95. The minimum Gasteiger partial charge on any atom is -0.435 e. The summed E-state index contributed by atoms with van der Waals surface area (Å²) in [7, 11) is 0.266. The van der Waals surface area contributed by atoms with E-state index in [1.54, 1.807) is 0 Å². The van der Waals surface area contributed by atoms with Crippen LogP contribution in [-0.4, -0.2) is 51.4 Å². The lowest BCUT2D eigenvalue weighted by Crippen LogP contribution is -2.27. The number of rotatable bonds is 9. The van der Waals surface area contributed by atoms with Crippen molar-refractivity contribution >= 4 is 40.0 Å². The van der Waals surface area contributed by atoms with Crippen LogP contribution in [-0.2, 0) is 16.8 Å². The topological polar surface area (TPSA) is 57.2 Å². The smallest absolute Gasteiger partial charge is 0.435 e. The Hall–Kier alpha value is 0.668. The molecule has 8 radical (unpaired) electrons. The van der Waals surface area contributed by atoms with Crippen molar-refractivity contribution in [1.29, 1.82) is 0 Å². The molecule has 0 aliphatic heterocycles. The van der Waals surface area contributed by atoms with Crippen molar-refractivity contribution in [2.75, 3.05) is 6.61 Å². The van der Waals surface area contributed by atoms with E-state index >= 15 is 0 Å².